The summed E-state index contributed by atoms with van der Waals surface area (Å²) in [6, 6.07) is 9.79. The standard InChI is InChI=1S/C18H23N3O2S/c1-2-19-8-10-20(11-9-19)17(22)12-21-16(13-24-14-18(21)23)15-6-4-3-5-7-15/h3-7,13H,2,8-12,14H2,1H3. The van der Waals surface area contributed by atoms with Crippen LogP contribution < -0.4 is 0 Å². The lowest BCUT2D eigenvalue weighted by Gasteiger charge is -2.36. The summed E-state index contributed by atoms with van der Waals surface area (Å²) in [6.45, 7) is 6.60. The Labute approximate surface area is 147 Å². The molecule has 128 valence electrons. The van der Waals surface area contributed by atoms with E-state index in [0.29, 0.717) is 5.75 Å². The fraction of sp³-hybridized carbons (Fsp3) is 0.444. The zero-order valence-corrected chi connectivity index (χ0v) is 14.8. The van der Waals surface area contributed by atoms with Crippen LogP contribution in [0.25, 0.3) is 5.70 Å². The van der Waals surface area contributed by atoms with Gasteiger partial charge < -0.3 is 14.7 Å². The summed E-state index contributed by atoms with van der Waals surface area (Å²) < 4.78 is 0. The SMILES string of the molecule is CCN1CCN(C(=O)CN2C(=O)CSC=C2c2ccccc2)CC1. The molecule has 0 aromatic heterocycles. The fourth-order valence-electron chi connectivity index (χ4n) is 3.02. The molecule has 0 saturated carbocycles. The summed E-state index contributed by atoms with van der Waals surface area (Å²) in [7, 11) is 0. The maximum atomic E-state index is 12.7. The number of hydrogen-bond donors (Lipinski definition) is 0. The summed E-state index contributed by atoms with van der Waals surface area (Å²) >= 11 is 1.49. The Balaban J connectivity index is 1.70. The molecular weight excluding hydrogens is 322 g/mol. The maximum absolute atomic E-state index is 12.7. The first-order chi connectivity index (χ1) is 11.7. The molecule has 1 fully saturated rings. The third-order valence-electron chi connectivity index (χ3n) is 4.53. The van der Waals surface area contributed by atoms with Crippen LogP contribution in [0.3, 0.4) is 0 Å². The van der Waals surface area contributed by atoms with Gasteiger partial charge in [-0.1, -0.05) is 37.3 Å². The minimum Gasteiger partial charge on any atom is -0.339 e. The molecule has 3 rings (SSSR count). The molecule has 6 heteroatoms. The van der Waals surface area contributed by atoms with E-state index >= 15 is 0 Å². The molecule has 0 spiro atoms. The first-order valence-electron chi connectivity index (χ1n) is 8.36. The van der Waals surface area contributed by atoms with Gasteiger partial charge in [0.05, 0.1) is 11.4 Å². The Kier molecular flexibility index (Phi) is 5.58. The van der Waals surface area contributed by atoms with Crippen molar-refractivity contribution in [1.82, 2.24) is 14.7 Å². The predicted octanol–water partition coefficient (Wildman–Crippen LogP) is 1.72. The average Bonchev–Trinajstić information content (AvgIpc) is 2.64. The van der Waals surface area contributed by atoms with E-state index in [0.717, 1.165) is 44.0 Å². The van der Waals surface area contributed by atoms with E-state index in [1.54, 1.807) is 4.90 Å². The molecule has 1 aromatic rings. The molecule has 0 N–H and O–H groups in total. The average molecular weight is 345 g/mol. The molecule has 2 aliphatic rings. The molecule has 2 amide bonds. The Morgan fingerprint density at radius 3 is 2.50 bits per heavy atom. The van der Waals surface area contributed by atoms with Crippen LogP contribution in [0.4, 0.5) is 0 Å². The highest BCUT2D eigenvalue weighted by Crippen LogP contribution is 2.28. The smallest absolute Gasteiger partial charge is 0.242 e. The predicted molar refractivity (Wildman–Crippen MR) is 97.3 cm³/mol. The summed E-state index contributed by atoms with van der Waals surface area (Å²) in [6.07, 6.45) is 0. The number of benzene rings is 1. The number of amides is 2. The molecule has 0 atom stereocenters. The van der Waals surface area contributed by atoms with Gasteiger partial charge in [0.25, 0.3) is 0 Å². The number of thioether (sulfide) groups is 1. The summed E-state index contributed by atoms with van der Waals surface area (Å²) in [4.78, 5) is 30.9. The Hall–Kier alpha value is -1.79. The zero-order valence-electron chi connectivity index (χ0n) is 14.0. The van der Waals surface area contributed by atoms with Gasteiger partial charge in [-0.2, -0.15) is 0 Å². The van der Waals surface area contributed by atoms with Crippen molar-refractivity contribution < 1.29 is 9.59 Å². The van der Waals surface area contributed by atoms with Gasteiger partial charge in [0.15, 0.2) is 0 Å². The third kappa shape index (κ3) is 3.82. The molecule has 24 heavy (non-hydrogen) atoms. The lowest BCUT2D eigenvalue weighted by molar-refractivity contribution is -0.138. The molecule has 2 aliphatic heterocycles. The highest BCUT2D eigenvalue weighted by molar-refractivity contribution is 8.03. The minimum atomic E-state index is 0.00176. The molecule has 1 saturated heterocycles. The summed E-state index contributed by atoms with van der Waals surface area (Å²) in [5.74, 6) is 0.433. The normalized spacial score (nSPS) is 19.4. The van der Waals surface area contributed by atoms with E-state index < -0.39 is 0 Å². The van der Waals surface area contributed by atoms with Gasteiger partial charge in [-0.05, 0) is 17.5 Å². The topological polar surface area (TPSA) is 43.9 Å². The van der Waals surface area contributed by atoms with E-state index in [4.69, 9.17) is 0 Å². The van der Waals surface area contributed by atoms with E-state index in [-0.39, 0.29) is 18.4 Å². The fourth-order valence-corrected chi connectivity index (χ4v) is 3.83. The summed E-state index contributed by atoms with van der Waals surface area (Å²) in [5, 5.41) is 1.99. The van der Waals surface area contributed by atoms with Gasteiger partial charge in [0.2, 0.25) is 11.8 Å². The highest BCUT2D eigenvalue weighted by Gasteiger charge is 2.28. The van der Waals surface area contributed by atoms with Crippen LogP contribution >= 0.6 is 11.8 Å². The summed E-state index contributed by atoms with van der Waals surface area (Å²) in [5.41, 5.74) is 1.80. The number of likely N-dealkylation sites (N-methyl/N-ethyl adjacent to an activating group) is 1. The van der Waals surface area contributed by atoms with Crippen LogP contribution in [0.1, 0.15) is 12.5 Å². The monoisotopic (exact) mass is 345 g/mol. The molecule has 0 aliphatic carbocycles. The minimum absolute atomic E-state index is 0.00176. The van der Waals surface area contributed by atoms with E-state index in [9.17, 15) is 9.59 Å². The van der Waals surface area contributed by atoms with E-state index in [2.05, 4.69) is 11.8 Å². The van der Waals surface area contributed by atoms with Crippen LogP contribution in [-0.2, 0) is 9.59 Å². The number of hydrogen-bond acceptors (Lipinski definition) is 4. The van der Waals surface area contributed by atoms with Crippen LogP contribution in [0, 0.1) is 0 Å². The van der Waals surface area contributed by atoms with Crippen LogP contribution in [0.5, 0.6) is 0 Å². The van der Waals surface area contributed by atoms with E-state index in [1.807, 2.05) is 40.6 Å². The number of carbonyl (C=O) groups is 2. The molecule has 5 nitrogen and oxygen atoms in total. The van der Waals surface area contributed by atoms with Crippen molar-refractivity contribution in [1.29, 1.82) is 0 Å². The Bertz CT molecular complexity index is 624. The quantitative estimate of drug-likeness (QED) is 0.834. The van der Waals surface area contributed by atoms with Crippen molar-refractivity contribution in [2.75, 3.05) is 45.0 Å². The van der Waals surface area contributed by atoms with Gasteiger partial charge in [-0.3, -0.25) is 9.59 Å². The van der Waals surface area contributed by atoms with Gasteiger partial charge in [-0.15, -0.1) is 11.8 Å². The lowest BCUT2D eigenvalue weighted by atomic mass is 10.1. The first-order valence-corrected chi connectivity index (χ1v) is 9.41. The second-order valence-electron chi connectivity index (χ2n) is 5.98. The molecule has 0 unspecified atom stereocenters. The van der Waals surface area contributed by atoms with Crippen molar-refractivity contribution >= 4 is 29.3 Å². The van der Waals surface area contributed by atoms with Crippen LogP contribution in [0.15, 0.2) is 35.7 Å². The van der Waals surface area contributed by atoms with Crippen LogP contribution in [0.2, 0.25) is 0 Å². The van der Waals surface area contributed by atoms with Crippen molar-refractivity contribution in [3.8, 4) is 0 Å². The van der Waals surface area contributed by atoms with Gasteiger partial charge in [0, 0.05) is 26.2 Å². The molecule has 1 aromatic carbocycles. The van der Waals surface area contributed by atoms with E-state index in [1.165, 1.54) is 11.8 Å². The van der Waals surface area contributed by atoms with Gasteiger partial charge in [0.1, 0.15) is 6.54 Å². The Morgan fingerprint density at radius 1 is 1.12 bits per heavy atom. The van der Waals surface area contributed by atoms with Crippen molar-refractivity contribution in [3.05, 3.63) is 41.3 Å². The lowest BCUT2D eigenvalue weighted by Crippen LogP contribution is -2.51. The third-order valence-corrected chi connectivity index (χ3v) is 5.33. The van der Waals surface area contributed by atoms with Crippen molar-refractivity contribution in [2.45, 2.75) is 6.92 Å². The zero-order chi connectivity index (χ0) is 16.9. The second kappa shape index (κ2) is 7.85. The molecule has 2 heterocycles. The number of nitrogens with zero attached hydrogens (tertiary/aromatic N) is 3. The van der Waals surface area contributed by atoms with Crippen LogP contribution in [-0.4, -0.2) is 71.5 Å². The van der Waals surface area contributed by atoms with Gasteiger partial charge >= 0.3 is 0 Å². The number of carbonyl (C=O) groups excluding carboxylic acids is 2. The first kappa shape index (κ1) is 17.0. The molecular formula is C18H23N3O2S. The second-order valence-corrected chi connectivity index (χ2v) is 6.83. The number of rotatable bonds is 4. The van der Waals surface area contributed by atoms with Crippen molar-refractivity contribution in [3.63, 3.8) is 0 Å². The maximum Gasteiger partial charge on any atom is 0.242 e. The number of piperazine rings is 1. The van der Waals surface area contributed by atoms with Crippen molar-refractivity contribution in [2.24, 2.45) is 0 Å². The molecule has 0 bridgehead atoms. The Morgan fingerprint density at radius 2 is 1.83 bits per heavy atom. The highest BCUT2D eigenvalue weighted by atomic mass is 32.2. The largest absolute Gasteiger partial charge is 0.339 e. The molecule has 0 radical (unpaired) electrons. The van der Waals surface area contributed by atoms with Gasteiger partial charge in [-0.25, -0.2) is 0 Å².